The van der Waals surface area contributed by atoms with Crippen LogP contribution in [0, 0.1) is 5.92 Å². The zero-order valence-electron chi connectivity index (χ0n) is 10.6. The van der Waals surface area contributed by atoms with Crippen molar-refractivity contribution in [2.24, 2.45) is 11.7 Å². The highest BCUT2D eigenvalue weighted by Gasteiger charge is 2.35. The normalized spacial score (nSPS) is 33.5. The van der Waals surface area contributed by atoms with Crippen molar-refractivity contribution in [3.63, 3.8) is 0 Å². The maximum Gasteiger partial charge on any atom is 0.229 e. The summed E-state index contributed by atoms with van der Waals surface area (Å²) in [4.78, 5) is 14.3. The number of hydrogen-bond donors (Lipinski definition) is 1. The maximum absolute atomic E-state index is 12.3. The molecule has 2 rings (SSSR count). The Balaban J connectivity index is 1.95. The minimum absolute atomic E-state index is 0.119. The van der Waals surface area contributed by atoms with Gasteiger partial charge in [0.1, 0.15) is 0 Å². The second kappa shape index (κ2) is 5.16. The molecule has 0 aromatic heterocycles. The fourth-order valence-corrected chi connectivity index (χ4v) is 3.40. The van der Waals surface area contributed by atoms with Crippen molar-refractivity contribution < 1.29 is 9.53 Å². The first-order valence-electron chi connectivity index (χ1n) is 6.26. The Kier molecular flexibility index (Phi) is 4.00. The third-order valence-corrected chi connectivity index (χ3v) is 4.96. The lowest BCUT2D eigenvalue weighted by Gasteiger charge is -2.25. The number of thioether (sulfide) groups is 1. The lowest BCUT2D eigenvalue weighted by molar-refractivity contribution is -0.135. The number of carbonyl (C=O) groups is 1. The quantitative estimate of drug-likeness (QED) is 0.752. The highest BCUT2D eigenvalue weighted by molar-refractivity contribution is 8.00. The number of rotatable bonds is 1. The third kappa shape index (κ3) is 3.14. The van der Waals surface area contributed by atoms with Gasteiger partial charge in [-0.1, -0.05) is 13.8 Å². The van der Waals surface area contributed by atoms with Crippen LogP contribution in [-0.4, -0.2) is 53.7 Å². The van der Waals surface area contributed by atoms with Crippen LogP contribution in [0.1, 0.15) is 20.3 Å². The van der Waals surface area contributed by atoms with Gasteiger partial charge in [-0.3, -0.25) is 4.79 Å². The molecule has 0 spiro atoms. The van der Waals surface area contributed by atoms with Crippen LogP contribution >= 0.6 is 11.8 Å². The fourth-order valence-electron chi connectivity index (χ4n) is 2.30. The van der Waals surface area contributed by atoms with Gasteiger partial charge in [-0.25, -0.2) is 0 Å². The summed E-state index contributed by atoms with van der Waals surface area (Å²) in [6, 6.07) is -0.119. The summed E-state index contributed by atoms with van der Waals surface area (Å²) < 4.78 is 5.56. The Bertz CT molecular complexity index is 296. The van der Waals surface area contributed by atoms with Crippen LogP contribution in [0.5, 0.6) is 0 Å². The summed E-state index contributed by atoms with van der Waals surface area (Å²) in [7, 11) is 0. The highest BCUT2D eigenvalue weighted by Crippen LogP contribution is 2.31. The summed E-state index contributed by atoms with van der Waals surface area (Å²) in [5.41, 5.74) is 5.90. The molecule has 0 aliphatic carbocycles. The molecular weight excluding hydrogens is 236 g/mol. The zero-order chi connectivity index (χ0) is 12.5. The maximum atomic E-state index is 12.3. The van der Waals surface area contributed by atoms with Crippen LogP contribution in [0.4, 0.5) is 0 Å². The van der Waals surface area contributed by atoms with Gasteiger partial charge in [-0.2, -0.15) is 11.8 Å². The number of nitrogens with zero attached hydrogens (tertiary/aromatic N) is 1. The number of carbonyl (C=O) groups excluding carboxylic acids is 1. The number of amides is 1. The molecule has 0 saturated carbocycles. The largest absolute Gasteiger partial charge is 0.379 e. The molecule has 2 fully saturated rings. The highest BCUT2D eigenvalue weighted by atomic mass is 32.2. The Morgan fingerprint density at radius 1 is 1.41 bits per heavy atom. The number of nitrogens with two attached hydrogens (primary N) is 1. The van der Waals surface area contributed by atoms with Crippen molar-refractivity contribution in [1.29, 1.82) is 0 Å². The minimum atomic E-state index is -0.124. The molecule has 0 aromatic rings. The summed E-state index contributed by atoms with van der Waals surface area (Å²) in [6.07, 6.45) is 1.05. The predicted molar refractivity (Wildman–Crippen MR) is 70.0 cm³/mol. The van der Waals surface area contributed by atoms with E-state index in [0.29, 0.717) is 13.2 Å². The molecule has 2 unspecified atom stereocenters. The Hall–Kier alpha value is -0.260. The van der Waals surface area contributed by atoms with Crippen LogP contribution < -0.4 is 5.73 Å². The minimum Gasteiger partial charge on any atom is -0.379 e. The molecule has 2 N–H and O–H groups in total. The number of ether oxygens (including phenoxy) is 1. The molecule has 2 aliphatic heterocycles. The van der Waals surface area contributed by atoms with Crippen molar-refractivity contribution in [2.45, 2.75) is 31.1 Å². The molecule has 2 aliphatic rings. The van der Waals surface area contributed by atoms with Crippen molar-refractivity contribution in [1.82, 2.24) is 4.90 Å². The van der Waals surface area contributed by atoms with Gasteiger partial charge in [0, 0.05) is 29.6 Å². The van der Waals surface area contributed by atoms with Gasteiger partial charge < -0.3 is 15.4 Å². The topological polar surface area (TPSA) is 55.6 Å². The lowest BCUT2D eigenvalue weighted by Crippen LogP contribution is -2.44. The van der Waals surface area contributed by atoms with E-state index in [1.807, 2.05) is 16.7 Å². The summed E-state index contributed by atoms with van der Waals surface area (Å²) in [5, 5.41) is 0. The average molecular weight is 258 g/mol. The Labute approximate surface area is 107 Å². The van der Waals surface area contributed by atoms with Crippen molar-refractivity contribution in [3.05, 3.63) is 0 Å². The van der Waals surface area contributed by atoms with E-state index in [0.717, 1.165) is 25.3 Å². The van der Waals surface area contributed by atoms with Crippen LogP contribution in [0.15, 0.2) is 0 Å². The Morgan fingerprint density at radius 2 is 2.18 bits per heavy atom. The van der Waals surface area contributed by atoms with Gasteiger partial charge >= 0.3 is 0 Å². The van der Waals surface area contributed by atoms with Crippen molar-refractivity contribution in [2.75, 3.05) is 32.1 Å². The first kappa shape index (κ1) is 13.2. The van der Waals surface area contributed by atoms with E-state index in [2.05, 4.69) is 13.8 Å². The smallest absolute Gasteiger partial charge is 0.229 e. The van der Waals surface area contributed by atoms with E-state index >= 15 is 0 Å². The monoisotopic (exact) mass is 258 g/mol. The molecule has 0 aromatic carbocycles. The molecule has 4 nitrogen and oxygen atoms in total. The molecular formula is C12H22N2O2S. The van der Waals surface area contributed by atoms with Gasteiger partial charge in [0.25, 0.3) is 0 Å². The third-order valence-electron chi connectivity index (χ3n) is 3.59. The molecule has 1 amide bonds. The SMILES string of the molecule is CC1(C)CCN(C(=O)C2COCC2N)CCS1. The first-order valence-corrected chi connectivity index (χ1v) is 7.24. The fraction of sp³-hybridized carbons (Fsp3) is 0.917. The van der Waals surface area contributed by atoms with E-state index in [9.17, 15) is 4.79 Å². The van der Waals surface area contributed by atoms with Gasteiger partial charge in [0.05, 0.1) is 19.1 Å². The second-order valence-corrected chi connectivity index (χ2v) is 7.29. The lowest BCUT2D eigenvalue weighted by atomic mass is 10.0. The van der Waals surface area contributed by atoms with Gasteiger partial charge in [-0.05, 0) is 6.42 Å². The molecule has 2 heterocycles. The van der Waals surface area contributed by atoms with E-state index in [1.54, 1.807) is 0 Å². The molecule has 98 valence electrons. The van der Waals surface area contributed by atoms with Crippen LogP contribution in [0.2, 0.25) is 0 Å². The van der Waals surface area contributed by atoms with Crippen LogP contribution in [0.25, 0.3) is 0 Å². The van der Waals surface area contributed by atoms with Gasteiger partial charge in [0.15, 0.2) is 0 Å². The number of hydrogen-bond acceptors (Lipinski definition) is 4. The zero-order valence-corrected chi connectivity index (χ0v) is 11.5. The van der Waals surface area contributed by atoms with Crippen LogP contribution in [-0.2, 0) is 9.53 Å². The van der Waals surface area contributed by atoms with E-state index in [1.165, 1.54) is 0 Å². The van der Waals surface area contributed by atoms with Crippen LogP contribution in [0.3, 0.4) is 0 Å². The molecule has 0 radical (unpaired) electrons. The van der Waals surface area contributed by atoms with Crippen molar-refractivity contribution in [3.8, 4) is 0 Å². The molecule has 2 atom stereocenters. The summed E-state index contributed by atoms with van der Waals surface area (Å²) in [5.74, 6) is 1.08. The van der Waals surface area contributed by atoms with E-state index in [-0.39, 0.29) is 22.6 Å². The van der Waals surface area contributed by atoms with Gasteiger partial charge in [-0.15, -0.1) is 0 Å². The molecule has 2 saturated heterocycles. The standard InChI is InChI=1S/C12H22N2O2S/c1-12(2)3-4-14(5-6-17-12)11(15)9-7-16-8-10(9)13/h9-10H,3-8,13H2,1-2H3. The molecule has 5 heteroatoms. The Morgan fingerprint density at radius 3 is 2.82 bits per heavy atom. The predicted octanol–water partition coefficient (Wildman–Crippen LogP) is 0.704. The average Bonchev–Trinajstić information content (AvgIpc) is 2.59. The van der Waals surface area contributed by atoms with E-state index in [4.69, 9.17) is 10.5 Å². The van der Waals surface area contributed by atoms with Crippen molar-refractivity contribution >= 4 is 17.7 Å². The first-order chi connectivity index (χ1) is 7.99. The summed E-state index contributed by atoms with van der Waals surface area (Å²) in [6.45, 7) is 7.20. The summed E-state index contributed by atoms with van der Waals surface area (Å²) >= 11 is 1.95. The van der Waals surface area contributed by atoms with Gasteiger partial charge in [0.2, 0.25) is 5.91 Å². The molecule has 0 bridgehead atoms. The second-order valence-electron chi connectivity index (χ2n) is 5.49. The molecule has 17 heavy (non-hydrogen) atoms. The van der Waals surface area contributed by atoms with E-state index < -0.39 is 0 Å².